The average Bonchev–Trinajstić information content (AvgIpc) is 3.65. The first-order chi connectivity index (χ1) is 20.7. The third kappa shape index (κ3) is 8.31. The average molecular weight is 721 g/mol. The number of hydrogen-bond donors (Lipinski definition) is 0. The minimum atomic E-state index is -5.10. The van der Waals surface area contributed by atoms with Gasteiger partial charge >= 0.3 is 88.7 Å². The summed E-state index contributed by atoms with van der Waals surface area (Å²) in [6, 6.07) is 14.4. The Labute approximate surface area is 334 Å². The second kappa shape index (κ2) is 15.0. The third-order valence-electron chi connectivity index (χ3n) is 6.53. The van der Waals surface area contributed by atoms with Gasteiger partial charge in [0.15, 0.2) is 0 Å². The van der Waals surface area contributed by atoms with Gasteiger partial charge in [-0.05, 0) is 47.5 Å². The Hall–Kier alpha value is -1.85. The van der Waals surface area contributed by atoms with Crippen molar-refractivity contribution in [1.29, 1.82) is 0 Å². The summed E-state index contributed by atoms with van der Waals surface area (Å²) in [4.78, 5) is -0.709. The topological polar surface area (TPSA) is 233 Å². The molecule has 0 aliphatic heterocycles. The fraction of sp³-hybridized carbons (Fsp3) is 0. The molecule has 0 aliphatic carbocycles. The maximum atomic E-state index is 12.2. The zero-order valence-corrected chi connectivity index (χ0v) is 33.2. The summed E-state index contributed by atoms with van der Waals surface area (Å²) in [5, 5.41) is 16.4. The van der Waals surface area contributed by atoms with Gasteiger partial charge in [0.2, 0.25) is 0 Å². The normalized spacial score (nSPS) is 12.1. The van der Waals surface area contributed by atoms with Crippen molar-refractivity contribution in [3.63, 3.8) is 0 Å². The standard InChI is InChI=1S/C26H18N6O9S3.3Na/c33-42(34,35)23-3-1-2-21-20(23)10-11-22-26(21)29-32(28-22)19-9-7-17(25(15-19)44(39,40)41)5-4-16-6-8-18(31-13-12-27-30-31)14-24(16)43(36,37)38;;;/h1-15H,(H,33,34,35)(H,36,37,38)(H,39,40,41);;;/q;3*+1/p-3/b5-4+;;;. The summed E-state index contributed by atoms with van der Waals surface area (Å²) in [5.41, 5.74) is 0.588. The van der Waals surface area contributed by atoms with Gasteiger partial charge in [0.05, 0.1) is 38.5 Å². The largest absolute Gasteiger partial charge is 1.00 e. The maximum absolute atomic E-state index is 12.2. The molecule has 2 aromatic heterocycles. The summed E-state index contributed by atoms with van der Waals surface area (Å²) < 4.78 is 109. The molecule has 47 heavy (non-hydrogen) atoms. The van der Waals surface area contributed by atoms with Crippen LogP contribution in [0.1, 0.15) is 11.1 Å². The van der Waals surface area contributed by atoms with Gasteiger partial charge in [-0.3, -0.25) is 0 Å². The first kappa shape index (κ1) is 39.6. The minimum absolute atomic E-state index is 0. The molecule has 0 atom stereocenters. The van der Waals surface area contributed by atoms with Crippen LogP contribution >= 0.6 is 0 Å². The van der Waals surface area contributed by atoms with E-state index in [0.29, 0.717) is 5.39 Å². The van der Waals surface area contributed by atoms with E-state index in [1.165, 1.54) is 77.8 Å². The van der Waals surface area contributed by atoms with Crippen LogP contribution in [0.15, 0.2) is 93.8 Å². The molecule has 0 radical (unpaired) electrons. The van der Waals surface area contributed by atoms with E-state index in [0.717, 1.165) is 16.9 Å². The molecule has 0 saturated carbocycles. The molecule has 0 fully saturated rings. The molecule has 224 valence electrons. The SMILES string of the molecule is O=S(=O)([O-])c1cc(-n2ccnn2)ccc1/C=C/c1ccc(-n2nc3ccc4c(S(=O)(=O)[O-])cccc4c3n2)cc1S(=O)(=O)[O-].[Na+].[Na+].[Na+]. The summed E-state index contributed by atoms with van der Waals surface area (Å²) in [7, 11) is -14.9. The van der Waals surface area contributed by atoms with Crippen molar-refractivity contribution in [2.75, 3.05) is 0 Å². The van der Waals surface area contributed by atoms with E-state index in [9.17, 15) is 38.9 Å². The van der Waals surface area contributed by atoms with Gasteiger partial charge in [-0.15, -0.1) is 15.3 Å². The Morgan fingerprint density at radius 1 is 0.617 bits per heavy atom. The first-order valence-corrected chi connectivity index (χ1v) is 16.4. The van der Waals surface area contributed by atoms with Crippen molar-refractivity contribution < 1.29 is 128 Å². The van der Waals surface area contributed by atoms with E-state index in [4.69, 9.17) is 0 Å². The molecule has 2 heterocycles. The van der Waals surface area contributed by atoms with Crippen molar-refractivity contribution >= 4 is 64.3 Å². The van der Waals surface area contributed by atoms with Crippen molar-refractivity contribution in [2.24, 2.45) is 0 Å². The maximum Gasteiger partial charge on any atom is 1.00 e. The molecule has 0 spiro atoms. The van der Waals surface area contributed by atoms with Crippen molar-refractivity contribution in [1.82, 2.24) is 30.0 Å². The molecule has 0 saturated heterocycles. The zero-order chi connectivity index (χ0) is 31.4. The monoisotopic (exact) mass is 720 g/mol. The number of benzene rings is 4. The molecule has 0 aliphatic rings. The fourth-order valence-electron chi connectivity index (χ4n) is 4.59. The molecule has 6 aromatic rings. The Kier molecular flexibility index (Phi) is 12.6. The summed E-state index contributed by atoms with van der Waals surface area (Å²) in [6.07, 6.45) is 5.13. The van der Waals surface area contributed by atoms with Crippen LogP contribution in [-0.2, 0) is 30.4 Å². The summed E-state index contributed by atoms with van der Waals surface area (Å²) in [6.45, 7) is 0. The predicted molar refractivity (Wildman–Crippen MR) is 151 cm³/mol. The summed E-state index contributed by atoms with van der Waals surface area (Å²) >= 11 is 0. The molecule has 21 heteroatoms. The van der Waals surface area contributed by atoms with Crippen LogP contribution in [0.3, 0.4) is 0 Å². The van der Waals surface area contributed by atoms with Gasteiger partial charge < -0.3 is 13.7 Å². The van der Waals surface area contributed by atoms with E-state index < -0.39 is 45.0 Å². The molecule has 0 bridgehead atoms. The van der Waals surface area contributed by atoms with Crippen LogP contribution < -0.4 is 88.7 Å². The number of hydrogen-bond acceptors (Lipinski definition) is 13. The minimum Gasteiger partial charge on any atom is -0.744 e. The Balaban J connectivity index is 0.00000200. The molecule has 0 N–H and O–H groups in total. The van der Waals surface area contributed by atoms with Gasteiger partial charge in [0.1, 0.15) is 41.4 Å². The molecule has 4 aromatic carbocycles. The van der Waals surface area contributed by atoms with Crippen LogP contribution in [0.2, 0.25) is 0 Å². The Bertz CT molecular complexity index is 2490. The van der Waals surface area contributed by atoms with Crippen LogP contribution in [0.5, 0.6) is 0 Å². The van der Waals surface area contributed by atoms with E-state index in [1.54, 1.807) is 6.07 Å². The van der Waals surface area contributed by atoms with Crippen molar-refractivity contribution in [2.45, 2.75) is 14.7 Å². The van der Waals surface area contributed by atoms with E-state index >= 15 is 0 Å². The van der Waals surface area contributed by atoms with Gasteiger partial charge in [-0.2, -0.15) is 4.80 Å². The van der Waals surface area contributed by atoms with Crippen molar-refractivity contribution in [3.05, 3.63) is 90.3 Å². The van der Waals surface area contributed by atoms with E-state index in [2.05, 4.69) is 20.5 Å². The van der Waals surface area contributed by atoms with Gasteiger partial charge in [0.25, 0.3) is 0 Å². The fourth-order valence-corrected chi connectivity index (χ4v) is 6.66. The van der Waals surface area contributed by atoms with Gasteiger partial charge in [0, 0.05) is 10.8 Å². The van der Waals surface area contributed by atoms with E-state index in [1.807, 2.05) is 0 Å². The number of nitrogens with zero attached hydrogens (tertiary/aromatic N) is 6. The molecule has 6 rings (SSSR count). The van der Waals surface area contributed by atoms with Crippen molar-refractivity contribution in [3.8, 4) is 11.4 Å². The van der Waals surface area contributed by atoms with Crippen LogP contribution in [-0.4, -0.2) is 68.9 Å². The van der Waals surface area contributed by atoms with Crippen LogP contribution in [0.4, 0.5) is 0 Å². The van der Waals surface area contributed by atoms with Gasteiger partial charge in [-0.25, -0.2) is 29.9 Å². The number of aromatic nitrogens is 6. The Morgan fingerprint density at radius 3 is 1.74 bits per heavy atom. The zero-order valence-electron chi connectivity index (χ0n) is 24.7. The quantitative estimate of drug-likeness (QED) is 0.0849. The van der Waals surface area contributed by atoms with Crippen LogP contribution in [0.25, 0.3) is 45.3 Å². The second-order valence-corrected chi connectivity index (χ2v) is 13.3. The van der Waals surface area contributed by atoms with Crippen LogP contribution in [0, 0.1) is 0 Å². The molecule has 15 nitrogen and oxygen atoms in total. The number of rotatable bonds is 7. The second-order valence-electron chi connectivity index (χ2n) is 9.26. The number of fused-ring (bicyclic) bond motifs is 3. The molecule has 0 amide bonds. The molecular formula is C26H15N6Na3O9S3. The molecule has 0 unspecified atom stereocenters. The summed E-state index contributed by atoms with van der Waals surface area (Å²) in [5.74, 6) is 0. The first-order valence-electron chi connectivity index (χ1n) is 12.2. The van der Waals surface area contributed by atoms with E-state index in [-0.39, 0.29) is 128 Å². The third-order valence-corrected chi connectivity index (χ3v) is 9.21. The van der Waals surface area contributed by atoms with Gasteiger partial charge in [-0.1, -0.05) is 47.7 Å². The molecular weight excluding hydrogens is 705 g/mol. The Morgan fingerprint density at radius 2 is 1.19 bits per heavy atom. The smallest absolute Gasteiger partial charge is 0.744 e. The predicted octanol–water partition coefficient (Wildman–Crippen LogP) is -6.95.